The van der Waals surface area contributed by atoms with Gasteiger partial charge in [-0.05, 0) is 12.8 Å². The van der Waals surface area contributed by atoms with Crippen molar-refractivity contribution in [2.75, 3.05) is 0 Å². The van der Waals surface area contributed by atoms with Crippen molar-refractivity contribution in [3.63, 3.8) is 0 Å². The van der Waals surface area contributed by atoms with Gasteiger partial charge in [0.15, 0.2) is 0 Å². The highest BCUT2D eigenvalue weighted by molar-refractivity contribution is 4.79. The summed E-state index contributed by atoms with van der Waals surface area (Å²) >= 11 is 0. The molecule has 0 saturated carbocycles. The van der Waals surface area contributed by atoms with Gasteiger partial charge >= 0.3 is 0 Å². The first-order valence-corrected chi connectivity index (χ1v) is 4.16. The third-order valence-corrected chi connectivity index (χ3v) is 1.17. The number of rotatable bonds is 2. The smallest absolute Gasteiger partial charge is 0.0655 e. The molecule has 0 rings (SSSR count). The quantitative estimate of drug-likeness (QED) is 0.578. The van der Waals surface area contributed by atoms with E-state index in [1.54, 1.807) is 0 Å². The Balaban J connectivity index is 0. The van der Waals surface area contributed by atoms with E-state index in [0.29, 0.717) is 5.92 Å². The van der Waals surface area contributed by atoms with Crippen molar-refractivity contribution in [2.24, 2.45) is 5.92 Å². The predicted molar refractivity (Wildman–Crippen MR) is 45.7 cm³/mol. The molecule has 0 aliphatic carbocycles. The van der Waals surface area contributed by atoms with E-state index in [0.717, 1.165) is 12.8 Å². The number of hydrogen-bond acceptors (Lipinski definition) is 1. The van der Waals surface area contributed by atoms with Crippen molar-refractivity contribution < 1.29 is 0 Å². The van der Waals surface area contributed by atoms with Crippen LogP contribution in [0.25, 0.3) is 0 Å². The van der Waals surface area contributed by atoms with Crippen LogP contribution in [0.4, 0.5) is 0 Å². The van der Waals surface area contributed by atoms with E-state index in [1.807, 2.05) is 13.8 Å². The molecule has 1 nitrogen and oxygen atoms in total. The van der Waals surface area contributed by atoms with Crippen LogP contribution in [0.15, 0.2) is 0 Å². The van der Waals surface area contributed by atoms with Crippen LogP contribution in [0.1, 0.15) is 47.0 Å². The van der Waals surface area contributed by atoms with Gasteiger partial charge in [-0.25, -0.2) is 0 Å². The Labute approximate surface area is 65.1 Å². The Morgan fingerprint density at radius 3 is 1.40 bits per heavy atom. The minimum atomic E-state index is 0.292. The van der Waals surface area contributed by atoms with E-state index >= 15 is 0 Å². The summed E-state index contributed by atoms with van der Waals surface area (Å²) in [6, 6.07) is 2.20. The Morgan fingerprint density at radius 1 is 1.10 bits per heavy atom. The molecule has 0 bridgehead atoms. The molecule has 0 fully saturated rings. The summed E-state index contributed by atoms with van der Waals surface area (Å²) in [4.78, 5) is 0. The average Bonchev–Trinajstić information content (AvgIpc) is 1.93. The summed E-state index contributed by atoms with van der Waals surface area (Å²) in [5.74, 6) is 0.292. The standard InChI is InChI=1S/C6H11N.C3H8/c1-3-6(4-2)5-7;1-3-2/h6H,3-4H2,1-2H3;3H2,1-2H3. The van der Waals surface area contributed by atoms with Crippen molar-refractivity contribution in [3.8, 4) is 6.07 Å². The summed E-state index contributed by atoms with van der Waals surface area (Å²) in [7, 11) is 0. The van der Waals surface area contributed by atoms with E-state index in [-0.39, 0.29) is 0 Å². The maximum Gasteiger partial charge on any atom is 0.0655 e. The minimum absolute atomic E-state index is 0.292. The monoisotopic (exact) mass is 141 g/mol. The molecule has 0 aliphatic heterocycles. The van der Waals surface area contributed by atoms with E-state index in [1.165, 1.54) is 6.42 Å². The topological polar surface area (TPSA) is 23.8 Å². The fourth-order valence-corrected chi connectivity index (χ4v) is 0.471. The van der Waals surface area contributed by atoms with Gasteiger partial charge in [0.1, 0.15) is 0 Å². The predicted octanol–water partition coefficient (Wildman–Crippen LogP) is 3.36. The van der Waals surface area contributed by atoms with Crippen molar-refractivity contribution in [3.05, 3.63) is 0 Å². The molecule has 0 aliphatic rings. The molecular formula is C9H19N. The summed E-state index contributed by atoms with van der Waals surface area (Å²) < 4.78 is 0. The molecule has 10 heavy (non-hydrogen) atoms. The lowest BCUT2D eigenvalue weighted by Gasteiger charge is -1.95. The fraction of sp³-hybridized carbons (Fsp3) is 0.889. The molecule has 0 spiro atoms. The van der Waals surface area contributed by atoms with Gasteiger partial charge in [0.25, 0.3) is 0 Å². The Kier molecular flexibility index (Phi) is 13.8. The van der Waals surface area contributed by atoms with Crippen LogP contribution >= 0.6 is 0 Å². The van der Waals surface area contributed by atoms with Gasteiger partial charge in [0, 0.05) is 5.92 Å². The Bertz CT molecular complexity index is 77.2. The lowest BCUT2D eigenvalue weighted by molar-refractivity contribution is 0.620. The summed E-state index contributed by atoms with van der Waals surface area (Å²) in [5, 5.41) is 8.28. The van der Waals surface area contributed by atoms with Crippen molar-refractivity contribution in [2.45, 2.75) is 47.0 Å². The fourth-order valence-electron chi connectivity index (χ4n) is 0.471. The molecule has 0 aromatic carbocycles. The van der Waals surface area contributed by atoms with Gasteiger partial charge in [0.05, 0.1) is 6.07 Å². The van der Waals surface area contributed by atoms with Gasteiger partial charge in [-0.1, -0.05) is 34.1 Å². The molecule has 0 unspecified atom stereocenters. The Morgan fingerprint density at radius 2 is 1.40 bits per heavy atom. The second-order valence-electron chi connectivity index (χ2n) is 2.35. The summed E-state index contributed by atoms with van der Waals surface area (Å²) in [5.41, 5.74) is 0. The molecule has 0 aromatic heterocycles. The van der Waals surface area contributed by atoms with Crippen LogP contribution in [-0.4, -0.2) is 0 Å². The molecule has 1 heteroatoms. The zero-order chi connectivity index (χ0) is 8.41. The highest BCUT2D eigenvalue weighted by atomic mass is 14.3. The molecule has 0 amide bonds. The van der Waals surface area contributed by atoms with E-state index in [9.17, 15) is 0 Å². The lowest BCUT2D eigenvalue weighted by Crippen LogP contribution is -1.88. The number of nitriles is 1. The molecule has 0 radical (unpaired) electrons. The summed E-state index contributed by atoms with van der Waals surface area (Å²) in [6.45, 7) is 8.33. The first kappa shape index (κ1) is 12.2. The van der Waals surface area contributed by atoms with Crippen LogP contribution in [0.3, 0.4) is 0 Å². The lowest BCUT2D eigenvalue weighted by atomic mass is 10.1. The second kappa shape index (κ2) is 11.3. The van der Waals surface area contributed by atoms with Crippen LogP contribution in [0.2, 0.25) is 0 Å². The van der Waals surface area contributed by atoms with Crippen LogP contribution < -0.4 is 0 Å². The van der Waals surface area contributed by atoms with Gasteiger partial charge in [-0.2, -0.15) is 5.26 Å². The molecule has 0 atom stereocenters. The maximum absolute atomic E-state index is 8.28. The van der Waals surface area contributed by atoms with E-state index in [4.69, 9.17) is 5.26 Å². The van der Waals surface area contributed by atoms with Gasteiger partial charge in [0.2, 0.25) is 0 Å². The van der Waals surface area contributed by atoms with Crippen LogP contribution in [0.5, 0.6) is 0 Å². The maximum atomic E-state index is 8.28. The molecule has 0 aromatic rings. The largest absolute Gasteiger partial charge is 0.198 e. The van der Waals surface area contributed by atoms with Gasteiger partial charge < -0.3 is 0 Å². The third-order valence-electron chi connectivity index (χ3n) is 1.17. The molecular weight excluding hydrogens is 122 g/mol. The molecule has 60 valence electrons. The first-order valence-electron chi connectivity index (χ1n) is 4.16. The summed E-state index contributed by atoms with van der Waals surface area (Å²) in [6.07, 6.45) is 3.24. The van der Waals surface area contributed by atoms with Gasteiger partial charge in [-0.3, -0.25) is 0 Å². The number of nitrogens with zero attached hydrogens (tertiary/aromatic N) is 1. The van der Waals surface area contributed by atoms with Crippen LogP contribution in [0, 0.1) is 17.2 Å². The zero-order valence-electron chi connectivity index (χ0n) is 7.65. The van der Waals surface area contributed by atoms with Crippen molar-refractivity contribution in [1.29, 1.82) is 5.26 Å². The Hall–Kier alpha value is -0.510. The van der Waals surface area contributed by atoms with Gasteiger partial charge in [-0.15, -0.1) is 0 Å². The third kappa shape index (κ3) is 10.5. The highest BCUT2D eigenvalue weighted by Crippen LogP contribution is 2.03. The molecule has 0 N–H and O–H groups in total. The molecule has 0 saturated heterocycles. The van der Waals surface area contributed by atoms with E-state index < -0.39 is 0 Å². The van der Waals surface area contributed by atoms with Crippen molar-refractivity contribution in [1.82, 2.24) is 0 Å². The molecule has 0 heterocycles. The normalized spacial score (nSPS) is 8.00. The minimum Gasteiger partial charge on any atom is -0.198 e. The highest BCUT2D eigenvalue weighted by Gasteiger charge is 1.96. The SMILES string of the molecule is CCC.CCC(C#N)CC. The average molecular weight is 141 g/mol. The first-order chi connectivity index (χ1) is 4.76. The second-order valence-corrected chi connectivity index (χ2v) is 2.35. The van der Waals surface area contributed by atoms with Crippen molar-refractivity contribution >= 4 is 0 Å². The van der Waals surface area contributed by atoms with E-state index in [2.05, 4.69) is 19.9 Å². The number of hydrogen-bond donors (Lipinski definition) is 0. The van der Waals surface area contributed by atoms with Crippen LogP contribution in [-0.2, 0) is 0 Å². The zero-order valence-corrected chi connectivity index (χ0v) is 7.65.